The number of hydrogen-bond acceptors (Lipinski definition) is 8. The monoisotopic (exact) mass is 474 g/mol. The Bertz CT molecular complexity index is 1330. The number of rotatable bonds is 10. The Morgan fingerprint density at radius 1 is 0.943 bits per heavy atom. The number of azo groups is 1. The normalized spacial score (nSPS) is 11.4. The van der Waals surface area contributed by atoms with E-state index < -0.39 is 4.92 Å². The quantitative estimate of drug-likeness (QED) is 0.192. The SMILES string of the molecule is CCn1c(-c2ccc(N=Nc3ccc(N(CCO)CCO)cc3)cc2)nc2ccc([N+](=O)[O-])cc21. The number of anilines is 1. The van der Waals surface area contributed by atoms with Gasteiger partial charge in [-0.05, 0) is 61.5 Å². The Hall–Kier alpha value is -4.15. The van der Waals surface area contributed by atoms with Gasteiger partial charge < -0.3 is 19.7 Å². The van der Waals surface area contributed by atoms with E-state index in [4.69, 9.17) is 0 Å². The molecule has 4 aromatic rings. The summed E-state index contributed by atoms with van der Waals surface area (Å²) in [7, 11) is 0. The van der Waals surface area contributed by atoms with E-state index in [1.54, 1.807) is 12.1 Å². The van der Waals surface area contributed by atoms with Crippen LogP contribution in [0.4, 0.5) is 22.7 Å². The number of fused-ring (bicyclic) bond motifs is 1. The average Bonchev–Trinajstić information content (AvgIpc) is 3.26. The molecule has 3 aromatic carbocycles. The Balaban J connectivity index is 1.52. The summed E-state index contributed by atoms with van der Waals surface area (Å²) in [6, 6.07) is 19.6. The summed E-state index contributed by atoms with van der Waals surface area (Å²) in [5, 5.41) is 38.1. The Morgan fingerprint density at radius 3 is 2.09 bits per heavy atom. The minimum absolute atomic E-state index is 0.00586. The van der Waals surface area contributed by atoms with Crippen molar-refractivity contribution in [1.29, 1.82) is 0 Å². The summed E-state index contributed by atoms with van der Waals surface area (Å²) < 4.78 is 1.96. The number of imidazole rings is 1. The van der Waals surface area contributed by atoms with E-state index >= 15 is 0 Å². The highest BCUT2D eigenvalue weighted by molar-refractivity contribution is 5.83. The highest BCUT2D eigenvalue weighted by atomic mass is 16.6. The summed E-state index contributed by atoms with van der Waals surface area (Å²) in [6.45, 7) is 3.49. The van der Waals surface area contributed by atoms with Crippen molar-refractivity contribution in [2.75, 3.05) is 31.2 Å². The van der Waals surface area contributed by atoms with Gasteiger partial charge in [-0.15, -0.1) is 0 Å². The maximum atomic E-state index is 11.2. The van der Waals surface area contributed by atoms with Crippen LogP contribution in [0.25, 0.3) is 22.4 Å². The Labute approximate surface area is 202 Å². The van der Waals surface area contributed by atoms with Gasteiger partial charge in [-0.1, -0.05) is 0 Å². The minimum atomic E-state index is -0.403. The van der Waals surface area contributed by atoms with Gasteiger partial charge in [0.1, 0.15) is 5.82 Å². The number of benzene rings is 3. The molecule has 0 radical (unpaired) electrons. The maximum Gasteiger partial charge on any atom is 0.271 e. The molecule has 0 aliphatic heterocycles. The zero-order valence-electron chi connectivity index (χ0n) is 19.3. The second-order valence-corrected chi connectivity index (χ2v) is 7.81. The number of aromatic nitrogens is 2. The van der Waals surface area contributed by atoms with E-state index in [0.717, 1.165) is 22.6 Å². The number of non-ortho nitro benzene ring substituents is 1. The standard InChI is InChI=1S/C25H26N6O4/c1-2-30-24-17-22(31(34)35)11-12-23(24)26-25(30)18-3-5-19(6-4-18)27-28-20-7-9-21(10-8-20)29(13-15-32)14-16-33/h3-12,17,32-33H,2,13-16H2,1H3. The lowest BCUT2D eigenvalue weighted by Crippen LogP contribution is -2.29. The topological polar surface area (TPSA) is 129 Å². The van der Waals surface area contributed by atoms with Gasteiger partial charge in [-0.3, -0.25) is 10.1 Å². The van der Waals surface area contributed by atoms with Crippen LogP contribution >= 0.6 is 0 Å². The first-order valence-electron chi connectivity index (χ1n) is 11.3. The lowest BCUT2D eigenvalue weighted by Gasteiger charge is -2.22. The molecule has 0 saturated carbocycles. The van der Waals surface area contributed by atoms with Crippen LogP contribution < -0.4 is 4.90 Å². The average molecular weight is 475 g/mol. The van der Waals surface area contributed by atoms with Gasteiger partial charge in [0.05, 0.1) is 40.5 Å². The first kappa shape index (κ1) is 24.0. The summed E-state index contributed by atoms with van der Waals surface area (Å²) >= 11 is 0. The minimum Gasteiger partial charge on any atom is -0.395 e. The van der Waals surface area contributed by atoms with Gasteiger partial charge in [0.2, 0.25) is 0 Å². The third-order valence-electron chi connectivity index (χ3n) is 5.62. The third kappa shape index (κ3) is 5.34. The van der Waals surface area contributed by atoms with Crippen molar-refractivity contribution in [3.8, 4) is 11.4 Å². The number of aliphatic hydroxyl groups is 2. The van der Waals surface area contributed by atoms with Gasteiger partial charge in [0, 0.05) is 43.0 Å². The molecular formula is C25H26N6O4. The number of nitrogens with zero attached hydrogens (tertiary/aromatic N) is 6. The number of hydrogen-bond donors (Lipinski definition) is 2. The predicted molar refractivity (Wildman–Crippen MR) is 134 cm³/mol. The molecule has 0 amide bonds. The van der Waals surface area contributed by atoms with Crippen molar-refractivity contribution in [2.24, 2.45) is 10.2 Å². The lowest BCUT2D eigenvalue weighted by molar-refractivity contribution is -0.384. The van der Waals surface area contributed by atoms with Crippen molar-refractivity contribution in [3.63, 3.8) is 0 Å². The molecule has 0 spiro atoms. The molecule has 35 heavy (non-hydrogen) atoms. The molecule has 0 bridgehead atoms. The molecule has 0 aliphatic rings. The number of aryl methyl sites for hydroxylation is 1. The van der Waals surface area contributed by atoms with Crippen LogP contribution in [0, 0.1) is 10.1 Å². The van der Waals surface area contributed by atoms with Crippen molar-refractivity contribution >= 4 is 33.8 Å². The first-order chi connectivity index (χ1) is 17.0. The van der Waals surface area contributed by atoms with Gasteiger partial charge in [0.25, 0.3) is 5.69 Å². The Kier molecular flexibility index (Phi) is 7.44. The highest BCUT2D eigenvalue weighted by Gasteiger charge is 2.15. The predicted octanol–water partition coefficient (Wildman–Crippen LogP) is 4.84. The second-order valence-electron chi connectivity index (χ2n) is 7.81. The van der Waals surface area contributed by atoms with Crippen molar-refractivity contribution in [2.45, 2.75) is 13.5 Å². The van der Waals surface area contributed by atoms with Gasteiger partial charge >= 0.3 is 0 Å². The molecule has 0 unspecified atom stereocenters. The van der Waals surface area contributed by atoms with E-state index in [0.29, 0.717) is 36.5 Å². The van der Waals surface area contributed by atoms with Crippen LogP contribution in [-0.4, -0.2) is 51.0 Å². The van der Waals surface area contributed by atoms with E-state index in [1.807, 2.05) is 64.9 Å². The first-order valence-corrected chi connectivity index (χ1v) is 11.3. The molecule has 10 nitrogen and oxygen atoms in total. The molecule has 0 saturated heterocycles. The number of nitro groups is 1. The molecule has 1 aromatic heterocycles. The van der Waals surface area contributed by atoms with Crippen molar-refractivity contribution < 1.29 is 15.1 Å². The zero-order valence-corrected chi connectivity index (χ0v) is 19.3. The van der Waals surface area contributed by atoms with Crippen molar-refractivity contribution in [3.05, 3.63) is 76.8 Å². The summed E-state index contributed by atoms with van der Waals surface area (Å²) in [5.74, 6) is 0.734. The number of nitro benzene ring substituents is 1. The van der Waals surface area contributed by atoms with E-state index in [2.05, 4.69) is 15.2 Å². The van der Waals surface area contributed by atoms with E-state index in [9.17, 15) is 20.3 Å². The van der Waals surface area contributed by atoms with Crippen LogP contribution in [0.2, 0.25) is 0 Å². The summed E-state index contributed by atoms with van der Waals surface area (Å²) in [5.41, 5.74) is 4.59. The van der Waals surface area contributed by atoms with Crippen LogP contribution in [-0.2, 0) is 6.54 Å². The third-order valence-corrected chi connectivity index (χ3v) is 5.62. The molecular weight excluding hydrogens is 448 g/mol. The van der Waals surface area contributed by atoms with Crippen molar-refractivity contribution in [1.82, 2.24) is 9.55 Å². The fourth-order valence-corrected chi connectivity index (χ4v) is 3.90. The summed E-state index contributed by atoms with van der Waals surface area (Å²) in [4.78, 5) is 17.3. The fraction of sp³-hybridized carbons (Fsp3) is 0.240. The molecule has 0 aliphatic carbocycles. The van der Waals surface area contributed by atoms with Crippen LogP contribution in [0.3, 0.4) is 0 Å². The molecule has 1 heterocycles. The lowest BCUT2D eigenvalue weighted by atomic mass is 10.2. The van der Waals surface area contributed by atoms with Crippen LogP contribution in [0.1, 0.15) is 6.92 Å². The molecule has 0 fully saturated rings. The molecule has 2 N–H and O–H groups in total. The fourth-order valence-electron chi connectivity index (χ4n) is 3.90. The van der Waals surface area contributed by atoms with E-state index in [-0.39, 0.29) is 18.9 Å². The second kappa shape index (κ2) is 10.9. The molecule has 0 atom stereocenters. The molecule has 180 valence electrons. The largest absolute Gasteiger partial charge is 0.395 e. The smallest absolute Gasteiger partial charge is 0.271 e. The molecule has 10 heteroatoms. The summed E-state index contributed by atoms with van der Waals surface area (Å²) in [6.07, 6.45) is 0. The van der Waals surface area contributed by atoms with Gasteiger partial charge in [0.15, 0.2) is 0 Å². The maximum absolute atomic E-state index is 11.2. The highest BCUT2D eigenvalue weighted by Crippen LogP contribution is 2.29. The molecule has 4 rings (SSSR count). The number of aliphatic hydroxyl groups excluding tert-OH is 2. The van der Waals surface area contributed by atoms with Gasteiger partial charge in [-0.25, -0.2) is 4.98 Å². The van der Waals surface area contributed by atoms with Crippen LogP contribution in [0.5, 0.6) is 0 Å². The van der Waals surface area contributed by atoms with E-state index in [1.165, 1.54) is 6.07 Å². The van der Waals surface area contributed by atoms with Crippen LogP contribution in [0.15, 0.2) is 77.0 Å². The van der Waals surface area contributed by atoms with Gasteiger partial charge in [-0.2, -0.15) is 10.2 Å². The Morgan fingerprint density at radius 2 is 1.54 bits per heavy atom. The zero-order chi connectivity index (χ0) is 24.8.